The lowest BCUT2D eigenvalue weighted by Crippen LogP contribution is -2.43. The maximum Gasteiger partial charge on any atom is 0.338 e. The number of halogens is 1. The van der Waals surface area contributed by atoms with Crippen LogP contribution in [0.1, 0.15) is 23.7 Å². The van der Waals surface area contributed by atoms with Crippen LogP contribution in [0, 0.1) is 0 Å². The first-order valence-electron chi connectivity index (χ1n) is 7.25. The molecule has 23 heavy (non-hydrogen) atoms. The van der Waals surface area contributed by atoms with E-state index in [1.165, 1.54) is 4.90 Å². The van der Waals surface area contributed by atoms with Crippen molar-refractivity contribution >= 4 is 37.6 Å². The topological polar surface area (TPSA) is 80.8 Å². The third-order valence-corrected chi connectivity index (χ3v) is 5.94. The third kappa shape index (κ3) is 4.78. The van der Waals surface area contributed by atoms with Gasteiger partial charge in [0.1, 0.15) is 0 Å². The van der Waals surface area contributed by atoms with Crippen molar-refractivity contribution < 1.29 is 22.7 Å². The van der Waals surface area contributed by atoms with Gasteiger partial charge >= 0.3 is 5.97 Å². The second kappa shape index (κ2) is 7.44. The average molecular weight is 404 g/mol. The van der Waals surface area contributed by atoms with Gasteiger partial charge in [0.15, 0.2) is 16.4 Å². The molecule has 0 saturated carbocycles. The minimum atomic E-state index is -3.07. The maximum atomic E-state index is 12.2. The minimum Gasteiger partial charge on any atom is -0.452 e. The Morgan fingerprint density at radius 1 is 1.39 bits per heavy atom. The first-order valence-corrected chi connectivity index (χ1v) is 9.86. The summed E-state index contributed by atoms with van der Waals surface area (Å²) in [6.45, 7) is 1.77. The highest BCUT2D eigenvalue weighted by atomic mass is 79.9. The Balaban J connectivity index is 1.94. The van der Waals surface area contributed by atoms with Crippen molar-refractivity contribution in [3.05, 3.63) is 34.3 Å². The number of amides is 1. The highest BCUT2D eigenvalue weighted by Crippen LogP contribution is 2.18. The van der Waals surface area contributed by atoms with E-state index in [4.69, 9.17) is 4.74 Å². The number of benzene rings is 1. The Bertz CT molecular complexity index is 704. The number of carbonyl (C=O) groups is 2. The summed E-state index contributed by atoms with van der Waals surface area (Å²) < 4.78 is 28.9. The molecule has 1 atom stereocenters. The van der Waals surface area contributed by atoms with Crippen molar-refractivity contribution in [2.75, 3.05) is 24.7 Å². The monoisotopic (exact) mass is 403 g/mol. The van der Waals surface area contributed by atoms with Crippen LogP contribution < -0.4 is 0 Å². The molecule has 1 aromatic carbocycles. The van der Waals surface area contributed by atoms with E-state index >= 15 is 0 Å². The molecule has 1 amide bonds. The number of ether oxygens (including phenoxy) is 1. The van der Waals surface area contributed by atoms with E-state index < -0.39 is 22.4 Å². The van der Waals surface area contributed by atoms with Crippen LogP contribution in [-0.4, -0.2) is 55.9 Å². The molecule has 0 N–H and O–H groups in total. The number of hydrogen-bond acceptors (Lipinski definition) is 5. The molecule has 8 heteroatoms. The number of carbonyl (C=O) groups excluding carboxylic acids is 2. The number of likely N-dealkylation sites (N-methyl/N-ethyl adjacent to an activating group) is 1. The fourth-order valence-corrected chi connectivity index (χ4v) is 4.70. The van der Waals surface area contributed by atoms with Gasteiger partial charge in [-0.2, -0.15) is 0 Å². The Kier molecular flexibility index (Phi) is 5.80. The molecular formula is C15H18BrNO5S. The smallest absolute Gasteiger partial charge is 0.338 e. The van der Waals surface area contributed by atoms with Crippen LogP contribution in [0.5, 0.6) is 0 Å². The lowest BCUT2D eigenvalue weighted by molar-refractivity contribution is -0.136. The summed E-state index contributed by atoms with van der Waals surface area (Å²) in [6, 6.07) is 6.35. The van der Waals surface area contributed by atoms with Crippen LogP contribution in [0.15, 0.2) is 28.7 Å². The normalized spacial score (nSPS) is 19.3. The molecular weight excluding hydrogens is 386 g/mol. The summed E-state index contributed by atoms with van der Waals surface area (Å²) in [4.78, 5) is 25.6. The number of rotatable bonds is 5. The van der Waals surface area contributed by atoms with E-state index in [-0.39, 0.29) is 23.5 Å². The molecule has 0 aromatic heterocycles. The summed E-state index contributed by atoms with van der Waals surface area (Å²) in [5.41, 5.74) is 0.346. The van der Waals surface area contributed by atoms with E-state index in [0.29, 0.717) is 18.5 Å². The van der Waals surface area contributed by atoms with E-state index in [1.807, 2.05) is 0 Å². The van der Waals surface area contributed by atoms with E-state index in [9.17, 15) is 18.0 Å². The summed E-state index contributed by atoms with van der Waals surface area (Å²) in [7, 11) is -3.07. The summed E-state index contributed by atoms with van der Waals surface area (Å²) in [6.07, 6.45) is 0.432. The van der Waals surface area contributed by atoms with Crippen LogP contribution in [0.2, 0.25) is 0 Å². The first kappa shape index (κ1) is 17.9. The van der Waals surface area contributed by atoms with Gasteiger partial charge in [-0.3, -0.25) is 4.79 Å². The zero-order chi connectivity index (χ0) is 17.0. The van der Waals surface area contributed by atoms with Crippen molar-refractivity contribution in [3.8, 4) is 0 Å². The van der Waals surface area contributed by atoms with Crippen molar-refractivity contribution in [2.24, 2.45) is 0 Å². The molecule has 1 aliphatic heterocycles. The average Bonchev–Trinajstić information content (AvgIpc) is 2.85. The highest BCUT2D eigenvalue weighted by Gasteiger charge is 2.34. The number of esters is 1. The standard InChI is InChI=1S/C15H18BrNO5S/c1-2-17(13-6-7-23(20,21)10-13)14(18)9-22-15(19)11-4-3-5-12(16)8-11/h3-5,8,13H,2,6-7,9-10H2,1H3/t13-/m0/s1. The van der Waals surface area contributed by atoms with Crippen LogP contribution >= 0.6 is 15.9 Å². The fourth-order valence-electron chi connectivity index (χ4n) is 2.57. The van der Waals surface area contributed by atoms with Gasteiger partial charge in [-0.05, 0) is 31.5 Å². The summed E-state index contributed by atoms with van der Waals surface area (Å²) in [5.74, 6) is -0.890. The van der Waals surface area contributed by atoms with E-state index in [2.05, 4.69) is 15.9 Å². The van der Waals surface area contributed by atoms with Crippen LogP contribution in [0.25, 0.3) is 0 Å². The summed E-state index contributed by atoms with van der Waals surface area (Å²) >= 11 is 3.26. The van der Waals surface area contributed by atoms with Gasteiger partial charge in [-0.1, -0.05) is 22.0 Å². The van der Waals surface area contributed by atoms with Gasteiger partial charge in [0.2, 0.25) is 0 Å². The predicted octanol–water partition coefficient (Wildman–Crippen LogP) is 1.64. The quantitative estimate of drug-likeness (QED) is 0.698. The van der Waals surface area contributed by atoms with Gasteiger partial charge in [0.05, 0.1) is 17.1 Å². The second-order valence-corrected chi connectivity index (χ2v) is 8.47. The molecule has 6 nitrogen and oxygen atoms in total. The highest BCUT2D eigenvalue weighted by molar-refractivity contribution is 9.10. The second-order valence-electron chi connectivity index (χ2n) is 5.32. The maximum absolute atomic E-state index is 12.2. The lowest BCUT2D eigenvalue weighted by atomic mass is 10.2. The van der Waals surface area contributed by atoms with Gasteiger partial charge in [-0.15, -0.1) is 0 Å². The van der Waals surface area contributed by atoms with Gasteiger partial charge in [0.25, 0.3) is 5.91 Å². The van der Waals surface area contributed by atoms with E-state index in [0.717, 1.165) is 4.47 Å². The molecule has 1 aromatic rings. The van der Waals surface area contributed by atoms with Crippen LogP contribution in [0.3, 0.4) is 0 Å². The Hall–Kier alpha value is -1.41. The fraction of sp³-hybridized carbons (Fsp3) is 0.467. The largest absolute Gasteiger partial charge is 0.452 e. The van der Waals surface area contributed by atoms with Crippen LogP contribution in [0.4, 0.5) is 0 Å². The third-order valence-electron chi connectivity index (χ3n) is 3.70. The molecule has 0 spiro atoms. The van der Waals surface area contributed by atoms with Crippen molar-refractivity contribution in [3.63, 3.8) is 0 Å². The number of nitrogens with zero attached hydrogens (tertiary/aromatic N) is 1. The Labute approximate surface area is 143 Å². The van der Waals surface area contributed by atoms with Crippen LogP contribution in [-0.2, 0) is 19.4 Å². The molecule has 0 radical (unpaired) electrons. The minimum absolute atomic E-state index is 0.0217. The lowest BCUT2D eigenvalue weighted by Gasteiger charge is -2.26. The molecule has 1 fully saturated rings. The molecule has 2 rings (SSSR count). The molecule has 0 aliphatic carbocycles. The van der Waals surface area contributed by atoms with Crippen molar-refractivity contribution in [1.82, 2.24) is 4.90 Å². The number of sulfone groups is 1. The summed E-state index contributed by atoms with van der Waals surface area (Å²) in [5, 5.41) is 0. The SMILES string of the molecule is CCN(C(=O)COC(=O)c1cccc(Br)c1)[C@H]1CCS(=O)(=O)C1. The Morgan fingerprint density at radius 2 is 2.13 bits per heavy atom. The van der Waals surface area contributed by atoms with Crippen molar-refractivity contribution in [2.45, 2.75) is 19.4 Å². The molecule has 1 aliphatic rings. The predicted molar refractivity (Wildman–Crippen MR) is 88.9 cm³/mol. The van der Waals surface area contributed by atoms with Gasteiger partial charge < -0.3 is 9.64 Å². The Morgan fingerprint density at radius 3 is 2.70 bits per heavy atom. The van der Waals surface area contributed by atoms with E-state index in [1.54, 1.807) is 31.2 Å². The van der Waals surface area contributed by atoms with Crippen molar-refractivity contribution in [1.29, 1.82) is 0 Å². The first-order chi connectivity index (χ1) is 10.8. The zero-order valence-corrected chi connectivity index (χ0v) is 15.1. The molecule has 1 saturated heterocycles. The zero-order valence-electron chi connectivity index (χ0n) is 12.7. The molecule has 126 valence electrons. The van der Waals surface area contributed by atoms with Gasteiger partial charge in [0, 0.05) is 17.1 Å². The molecule has 0 unspecified atom stereocenters. The van der Waals surface area contributed by atoms with Gasteiger partial charge in [-0.25, -0.2) is 13.2 Å². The molecule has 1 heterocycles. The molecule has 0 bridgehead atoms. The number of hydrogen-bond donors (Lipinski definition) is 0.